The minimum absolute atomic E-state index is 0.356. The molecule has 0 atom stereocenters. The molecule has 0 aromatic carbocycles. The summed E-state index contributed by atoms with van der Waals surface area (Å²) in [6, 6.07) is 0. The number of aliphatic hydroxyl groups excluding tert-OH is 1. The van der Waals surface area contributed by atoms with Crippen LogP contribution in [0.25, 0.3) is 0 Å². The van der Waals surface area contributed by atoms with E-state index in [1.165, 1.54) is 83.5 Å². The van der Waals surface area contributed by atoms with Crippen LogP contribution in [0.4, 0.5) is 0 Å². The lowest BCUT2D eigenvalue weighted by Crippen LogP contribution is -1.85. The Balaban J connectivity index is 2.92. The lowest BCUT2D eigenvalue weighted by atomic mass is 10.0. The molecule has 0 rings (SSSR count). The predicted octanol–water partition coefficient (Wildman–Crippen LogP) is 5.77. The van der Waals surface area contributed by atoms with Gasteiger partial charge in [0.15, 0.2) is 0 Å². The third-order valence-corrected chi connectivity index (χ3v) is 3.88. The zero-order chi connectivity index (χ0) is 14.7. The van der Waals surface area contributed by atoms with E-state index >= 15 is 0 Å². The molecule has 0 bridgehead atoms. The van der Waals surface area contributed by atoms with Crippen LogP contribution >= 0.6 is 0 Å². The van der Waals surface area contributed by atoms with Crippen molar-refractivity contribution in [1.29, 1.82) is 0 Å². The first-order chi connectivity index (χ1) is 9.91. The zero-order valence-electron chi connectivity index (χ0n) is 13.3. The maximum Gasteiger partial charge on any atom is 0.138 e. The highest BCUT2D eigenvalue weighted by Gasteiger charge is 1.94. The molecule has 0 aliphatic carbocycles. The highest BCUT2D eigenvalue weighted by molar-refractivity contribution is 4.70. The zero-order valence-corrected chi connectivity index (χ0v) is 13.3. The fourth-order valence-corrected chi connectivity index (χ4v) is 2.56. The number of hydrogen-bond donors (Lipinski definition) is 1. The molecule has 0 aromatic rings. The van der Waals surface area contributed by atoms with Gasteiger partial charge in [0.2, 0.25) is 0 Å². The van der Waals surface area contributed by atoms with Crippen LogP contribution in [-0.2, 0) is 5.11 Å². The van der Waals surface area contributed by atoms with Crippen molar-refractivity contribution in [3.63, 3.8) is 0 Å². The Kier molecular flexibility index (Phi) is 18.0. The van der Waals surface area contributed by atoms with Crippen LogP contribution in [0.15, 0.2) is 12.3 Å². The van der Waals surface area contributed by atoms with Crippen molar-refractivity contribution in [1.82, 2.24) is 0 Å². The Labute approximate surface area is 126 Å². The molecule has 0 aliphatic heterocycles. The maximum absolute atomic E-state index is 10.1. The molecule has 0 saturated carbocycles. The lowest BCUT2D eigenvalue weighted by molar-refractivity contribution is 0.282. The van der Waals surface area contributed by atoms with Gasteiger partial charge in [-0.2, -0.15) is 0 Å². The van der Waals surface area contributed by atoms with Crippen molar-refractivity contribution < 1.29 is 10.2 Å². The van der Waals surface area contributed by atoms with Crippen LogP contribution in [0.2, 0.25) is 0 Å². The van der Waals surface area contributed by atoms with Crippen molar-refractivity contribution in [3.8, 4) is 0 Å². The summed E-state index contributed by atoms with van der Waals surface area (Å²) in [4.78, 5) is 0. The average molecular weight is 283 g/mol. The van der Waals surface area contributed by atoms with Gasteiger partial charge in [0.05, 0.1) is 0 Å². The van der Waals surface area contributed by atoms with Crippen molar-refractivity contribution in [2.75, 3.05) is 6.61 Å². The molecule has 1 N–H and O–H groups in total. The van der Waals surface area contributed by atoms with Gasteiger partial charge in [-0.1, -0.05) is 77.0 Å². The average Bonchev–Trinajstić information content (AvgIpc) is 2.47. The monoisotopic (exact) mass is 283 g/mol. The fourth-order valence-electron chi connectivity index (χ4n) is 2.56. The van der Waals surface area contributed by atoms with Gasteiger partial charge in [-0.3, -0.25) is 5.11 Å². The van der Waals surface area contributed by atoms with Gasteiger partial charge in [-0.25, -0.2) is 0 Å². The van der Waals surface area contributed by atoms with E-state index in [1.807, 2.05) is 0 Å². The van der Waals surface area contributed by atoms with Crippen molar-refractivity contribution in [2.24, 2.45) is 0 Å². The van der Waals surface area contributed by atoms with Gasteiger partial charge in [-0.15, -0.1) is 0 Å². The largest absolute Gasteiger partial charge is 0.396 e. The van der Waals surface area contributed by atoms with Gasteiger partial charge in [0, 0.05) is 6.61 Å². The Morgan fingerprint density at radius 2 is 0.900 bits per heavy atom. The fraction of sp³-hybridized carbons (Fsp3) is 0.889. The maximum atomic E-state index is 10.1. The molecule has 0 spiro atoms. The van der Waals surface area contributed by atoms with Crippen LogP contribution in [0.5, 0.6) is 0 Å². The summed E-state index contributed by atoms with van der Waals surface area (Å²) in [5.74, 6) is 0. The molecule has 0 unspecified atom stereocenters. The van der Waals surface area contributed by atoms with Crippen LogP contribution in [0.3, 0.4) is 0 Å². The summed E-state index contributed by atoms with van der Waals surface area (Å²) >= 11 is 0. The molecule has 0 amide bonds. The highest BCUT2D eigenvalue weighted by Crippen LogP contribution is 2.13. The van der Waals surface area contributed by atoms with E-state index in [4.69, 9.17) is 5.11 Å². The summed E-state index contributed by atoms with van der Waals surface area (Å²) in [7, 11) is 0. The minimum Gasteiger partial charge on any atom is -0.396 e. The minimum atomic E-state index is 0.356. The molecule has 0 aliphatic rings. The number of allylic oxidation sites excluding steroid dienone is 1. The van der Waals surface area contributed by atoms with Crippen molar-refractivity contribution >= 4 is 0 Å². The topological polar surface area (TPSA) is 40.1 Å². The predicted molar refractivity (Wildman–Crippen MR) is 86.2 cm³/mol. The molecular formula is C18H35O2. The quantitative estimate of drug-likeness (QED) is 0.283. The number of unbranched alkanes of at least 4 members (excludes halogenated alkanes) is 14. The third kappa shape index (κ3) is 17.5. The first-order valence-electron chi connectivity index (χ1n) is 8.79. The second-order valence-electron chi connectivity index (χ2n) is 5.83. The first kappa shape index (κ1) is 19.5. The molecular weight excluding hydrogens is 248 g/mol. The Morgan fingerprint density at radius 3 is 1.25 bits per heavy atom. The first-order valence-corrected chi connectivity index (χ1v) is 8.79. The Bertz CT molecular complexity index is 190. The van der Waals surface area contributed by atoms with Crippen LogP contribution in [-0.4, -0.2) is 11.7 Å². The Morgan fingerprint density at radius 1 is 0.550 bits per heavy atom. The van der Waals surface area contributed by atoms with E-state index in [0.29, 0.717) is 6.61 Å². The molecule has 1 radical (unpaired) electrons. The summed E-state index contributed by atoms with van der Waals surface area (Å²) in [6.07, 6.45) is 21.9. The molecule has 0 aromatic heterocycles. The molecule has 20 heavy (non-hydrogen) atoms. The highest BCUT2D eigenvalue weighted by atomic mass is 16.3. The van der Waals surface area contributed by atoms with E-state index < -0.39 is 0 Å². The standard InChI is InChI=1S/C18H35O2/c19-17-15-13-11-9-7-5-3-1-2-4-6-8-10-12-14-16-18-20/h15,17,20H,1-14,16,18H2. The van der Waals surface area contributed by atoms with Gasteiger partial charge in [-0.05, 0) is 25.3 Å². The molecule has 0 fully saturated rings. The number of aliphatic hydroxyl groups is 1. The number of hydrogen-bond acceptors (Lipinski definition) is 1. The normalized spacial score (nSPS) is 11.4. The van der Waals surface area contributed by atoms with Crippen molar-refractivity contribution in [3.05, 3.63) is 12.3 Å². The van der Waals surface area contributed by atoms with E-state index in [0.717, 1.165) is 19.1 Å². The smallest absolute Gasteiger partial charge is 0.138 e. The molecule has 2 nitrogen and oxygen atoms in total. The molecule has 119 valence electrons. The molecule has 0 saturated heterocycles. The SMILES string of the molecule is [O]C=CCCCCCCCCCCCCCCCCO. The second-order valence-corrected chi connectivity index (χ2v) is 5.83. The van der Waals surface area contributed by atoms with Gasteiger partial charge >= 0.3 is 0 Å². The van der Waals surface area contributed by atoms with E-state index in [9.17, 15) is 5.11 Å². The van der Waals surface area contributed by atoms with Gasteiger partial charge in [0.25, 0.3) is 0 Å². The summed E-state index contributed by atoms with van der Waals surface area (Å²) in [5, 5.41) is 18.8. The third-order valence-electron chi connectivity index (χ3n) is 3.88. The van der Waals surface area contributed by atoms with E-state index in [1.54, 1.807) is 6.08 Å². The van der Waals surface area contributed by atoms with Gasteiger partial charge < -0.3 is 5.11 Å². The summed E-state index contributed by atoms with van der Waals surface area (Å²) < 4.78 is 0. The van der Waals surface area contributed by atoms with Crippen LogP contribution in [0, 0.1) is 0 Å². The molecule has 0 heterocycles. The Hall–Kier alpha value is -0.500. The molecule has 2 heteroatoms. The number of rotatable bonds is 16. The summed E-state index contributed by atoms with van der Waals surface area (Å²) in [5.41, 5.74) is 0. The lowest BCUT2D eigenvalue weighted by Gasteiger charge is -2.03. The summed E-state index contributed by atoms with van der Waals surface area (Å²) in [6.45, 7) is 0.356. The van der Waals surface area contributed by atoms with Crippen LogP contribution in [0.1, 0.15) is 96.3 Å². The van der Waals surface area contributed by atoms with E-state index in [-0.39, 0.29) is 0 Å². The van der Waals surface area contributed by atoms with Gasteiger partial charge in [0.1, 0.15) is 6.26 Å². The van der Waals surface area contributed by atoms with E-state index in [2.05, 4.69) is 0 Å². The second kappa shape index (κ2) is 18.5. The van der Waals surface area contributed by atoms with Crippen molar-refractivity contribution in [2.45, 2.75) is 96.3 Å². The van der Waals surface area contributed by atoms with Crippen LogP contribution < -0.4 is 0 Å².